The van der Waals surface area contributed by atoms with Crippen LogP contribution in [0.4, 0.5) is 4.39 Å². The van der Waals surface area contributed by atoms with Crippen molar-refractivity contribution < 1.29 is 24.2 Å². The lowest BCUT2D eigenvalue weighted by atomic mass is 10.0. The maximum absolute atomic E-state index is 13.4. The number of rotatable bonds is 5. The predicted molar refractivity (Wildman–Crippen MR) is 66.6 cm³/mol. The first-order valence-electron chi connectivity index (χ1n) is 5.39. The second kappa shape index (κ2) is 5.99. The molecule has 0 saturated carbocycles. The zero-order valence-corrected chi connectivity index (χ0v) is 10.9. The average molecular weight is 290 g/mol. The Morgan fingerprint density at radius 2 is 2.11 bits per heavy atom. The van der Waals surface area contributed by atoms with Gasteiger partial charge in [0.05, 0.1) is 22.6 Å². The van der Waals surface area contributed by atoms with Crippen molar-refractivity contribution in [3.05, 3.63) is 34.6 Å². The van der Waals surface area contributed by atoms with Gasteiger partial charge >= 0.3 is 5.97 Å². The molecule has 104 valence electrons. The number of carbonyl (C=O) groups is 2. The van der Waals surface area contributed by atoms with Gasteiger partial charge in [0, 0.05) is 6.54 Å². The Morgan fingerprint density at radius 3 is 2.63 bits per heavy atom. The van der Waals surface area contributed by atoms with Crippen molar-refractivity contribution in [2.45, 2.75) is 18.9 Å². The molecule has 1 aromatic carbocycles. The second-order valence-electron chi connectivity index (χ2n) is 4.35. The van der Waals surface area contributed by atoms with Crippen LogP contribution in [0.25, 0.3) is 0 Å². The number of carboxylic acid groups (broad SMARTS) is 1. The van der Waals surface area contributed by atoms with E-state index in [1.165, 1.54) is 19.1 Å². The molecule has 19 heavy (non-hydrogen) atoms. The summed E-state index contributed by atoms with van der Waals surface area (Å²) in [5.74, 6) is -2.81. The van der Waals surface area contributed by atoms with Crippen LogP contribution < -0.4 is 5.32 Å². The largest absolute Gasteiger partial charge is 0.481 e. The van der Waals surface area contributed by atoms with Crippen molar-refractivity contribution in [3.63, 3.8) is 0 Å². The Kier molecular flexibility index (Phi) is 4.85. The van der Waals surface area contributed by atoms with Crippen molar-refractivity contribution in [1.82, 2.24) is 5.32 Å². The van der Waals surface area contributed by atoms with Gasteiger partial charge in [-0.05, 0) is 19.1 Å². The number of benzene rings is 1. The highest BCUT2D eigenvalue weighted by molar-refractivity contribution is 6.33. The maximum Gasteiger partial charge on any atom is 0.306 e. The van der Waals surface area contributed by atoms with Crippen LogP contribution in [-0.2, 0) is 4.79 Å². The first kappa shape index (κ1) is 15.4. The predicted octanol–water partition coefficient (Wildman–Crippen LogP) is 1.43. The Morgan fingerprint density at radius 1 is 1.47 bits per heavy atom. The van der Waals surface area contributed by atoms with Crippen LogP contribution in [0.3, 0.4) is 0 Å². The number of carboxylic acids is 1. The van der Waals surface area contributed by atoms with Crippen LogP contribution in [0.1, 0.15) is 23.7 Å². The van der Waals surface area contributed by atoms with E-state index in [4.69, 9.17) is 16.7 Å². The third-order valence-electron chi connectivity index (χ3n) is 2.35. The van der Waals surface area contributed by atoms with E-state index in [-0.39, 0.29) is 17.1 Å². The molecule has 1 aromatic rings. The molecule has 0 aliphatic rings. The molecule has 0 radical (unpaired) electrons. The van der Waals surface area contributed by atoms with E-state index in [1.807, 2.05) is 0 Å². The molecule has 7 heteroatoms. The smallest absolute Gasteiger partial charge is 0.306 e. The SMILES string of the molecule is CC(O)(CNC(=O)c1c(F)cccc1Cl)CC(=O)O. The minimum absolute atomic E-state index is 0.0598. The lowest BCUT2D eigenvalue weighted by molar-refractivity contribution is -0.141. The number of hydrogen-bond acceptors (Lipinski definition) is 3. The lowest BCUT2D eigenvalue weighted by Crippen LogP contribution is -2.42. The van der Waals surface area contributed by atoms with Crippen molar-refractivity contribution in [2.75, 3.05) is 6.54 Å². The molecule has 0 aromatic heterocycles. The Bertz CT molecular complexity index is 484. The summed E-state index contributed by atoms with van der Waals surface area (Å²) in [5, 5.41) is 20.5. The summed E-state index contributed by atoms with van der Waals surface area (Å²) in [6.45, 7) is 0.924. The summed E-state index contributed by atoms with van der Waals surface area (Å²) in [4.78, 5) is 22.2. The Hall–Kier alpha value is -1.66. The highest BCUT2D eigenvalue weighted by Gasteiger charge is 2.26. The van der Waals surface area contributed by atoms with Crippen LogP contribution in [-0.4, -0.2) is 34.2 Å². The Labute approximate surface area is 114 Å². The second-order valence-corrected chi connectivity index (χ2v) is 4.75. The van der Waals surface area contributed by atoms with E-state index in [0.29, 0.717) is 0 Å². The first-order valence-corrected chi connectivity index (χ1v) is 5.77. The molecule has 0 saturated heterocycles. The minimum atomic E-state index is -1.63. The summed E-state index contributed by atoms with van der Waals surface area (Å²) in [6.07, 6.45) is -0.543. The number of carbonyl (C=O) groups excluding carboxylic acids is 1. The van der Waals surface area contributed by atoms with Gasteiger partial charge in [0.25, 0.3) is 5.91 Å². The van der Waals surface area contributed by atoms with Gasteiger partial charge in [-0.25, -0.2) is 4.39 Å². The molecule has 5 nitrogen and oxygen atoms in total. The van der Waals surface area contributed by atoms with E-state index < -0.39 is 29.7 Å². The molecular weight excluding hydrogens is 277 g/mol. The average Bonchev–Trinajstić information content (AvgIpc) is 2.24. The van der Waals surface area contributed by atoms with Gasteiger partial charge in [-0.3, -0.25) is 9.59 Å². The third kappa shape index (κ3) is 4.50. The van der Waals surface area contributed by atoms with Gasteiger partial charge in [0.15, 0.2) is 0 Å². The molecule has 1 atom stereocenters. The van der Waals surface area contributed by atoms with Crippen LogP contribution >= 0.6 is 11.6 Å². The normalized spacial score (nSPS) is 13.7. The standard InChI is InChI=1S/C12H13ClFNO4/c1-12(19,5-9(16)17)6-15-11(18)10-7(13)3-2-4-8(10)14/h2-4,19H,5-6H2,1H3,(H,15,18)(H,16,17). The highest BCUT2D eigenvalue weighted by Crippen LogP contribution is 2.19. The van der Waals surface area contributed by atoms with Crippen molar-refractivity contribution >= 4 is 23.5 Å². The molecule has 0 aliphatic carbocycles. The molecule has 0 spiro atoms. The summed E-state index contributed by atoms with van der Waals surface area (Å²) in [6, 6.07) is 3.79. The maximum atomic E-state index is 13.4. The van der Waals surface area contributed by atoms with Crippen LogP contribution in [0, 0.1) is 5.82 Å². The fourth-order valence-electron chi connectivity index (χ4n) is 1.46. The zero-order valence-electron chi connectivity index (χ0n) is 10.1. The summed E-state index contributed by atoms with van der Waals surface area (Å²) in [7, 11) is 0. The number of nitrogens with one attached hydrogen (secondary N) is 1. The monoisotopic (exact) mass is 289 g/mol. The van der Waals surface area contributed by atoms with E-state index >= 15 is 0 Å². The number of aliphatic carboxylic acids is 1. The number of amides is 1. The molecule has 0 aliphatic heterocycles. The lowest BCUT2D eigenvalue weighted by Gasteiger charge is -2.21. The summed E-state index contributed by atoms with van der Waals surface area (Å²) >= 11 is 5.70. The van der Waals surface area contributed by atoms with E-state index in [9.17, 15) is 19.1 Å². The van der Waals surface area contributed by atoms with E-state index in [1.54, 1.807) is 0 Å². The van der Waals surface area contributed by atoms with E-state index in [0.717, 1.165) is 6.07 Å². The molecule has 1 amide bonds. The minimum Gasteiger partial charge on any atom is -0.481 e. The van der Waals surface area contributed by atoms with Crippen molar-refractivity contribution in [1.29, 1.82) is 0 Å². The van der Waals surface area contributed by atoms with Gasteiger partial charge in [-0.2, -0.15) is 0 Å². The quantitative estimate of drug-likeness (QED) is 0.765. The number of aliphatic hydroxyl groups is 1. The van der Waals surface area contributed by atoms with Crippen LogP contribution in [0.2, 0.25) is 5.02 Å². The van der Waals surface area contributed by atoms with Crippen molar-refractivity contribution in [3.8, 4) is 0 Å². The van der Waals surface area contributed by atoms with Gasteiger partial charge in [0.2, 0.25) is 0 Å². The summed E-state index contributed by atoms with van der Waals surface area (Å²) in [5.41, 5.74) is -1.96. The fraction of sp³-hybridized carbons (Fsp3) is 0.333. The molecule has 3 N–H and O–H groups in total. The van der Waals surface area contributed by atoms with Crippen LogP contribution in [0.5, 0.6) is 0 Å². The molecule has 0 heterocycles. The molecule has 1 rings (SSSR count). The molecule has 0 bridgehead atoms. The number of hydrogen-bond donors (Lipinski definition) is 3. The zero-order chi connectivity index (χ0) is 14.6. The Balaban J connectivity index is 2.73. The van der Waals surface area contributed by atoms with Gasteiger partial charge in [-0.1, -0.05) is 17.7 Å². The van der Waals surface area contributed by atoms with E-state index in [2.05, 4.69) is 5.32 Å². The summed E-state index contributed by atoms with van der Waals surface area (Å²) < 4.78 is 13.4. The first-order chi connectivity index (χ1) is 8.73. The highest BCUT2D eigenvalue weighted by atomic mass is 35.5. The van der Waals surface area contributed by atoms with Gasteiger partial charge in [0.1, 0.15) is 5.82 Å². The number of halogens is 2. The van der Waals surface area contributed by atoms with Crippen molar-refractivity contribution in [2.24, 2.45) is 0 Å². The fourth-order valence-corrected chi connectivity index (χ4v) is 1.71. The molecule has 0 fully saturated rings. The molecular formula is C12H13ClFNO4. The topological polar surface area (TPSA) is 86.6 Å². The molecule has 1 unspecified atom stereocenters. The van der Waals surface area contributed by atoms with Crippen LogP contribution in [0.15, 0.2) is 18.2 Å². The van der Waals surface area contributed by atoms with Gasteiger partial charge in [-0.15, -0.1) is 0 Å². The van der Waals surface area contributed by atoms with Gasteiger partial charge < -0.3 is 15.5 Å². The third-order valence-corrected chi connectivity index (χ3v) is 2.67.